The number of aromatic nitrogens is 2. The number of nitrogens with zero attached hydrogens (tertiary/aromatic N) is 2. The van der Waals surface area contributed by atoms with Crippen molar-refractivity contribution in [2.24, 2.45) is 0 Å². The molecule has 0 bridgehead atoms. The van der Waals surface area contributed by atoms with E-state index in [-0.39, 0.29) is 18.4 Å². The van der Waals surface area contributed by atoms with Gasteiger partial charge in [0.25, 0.3) is 0 Å². The highest BCUT2D eigenvalue weighted by Crippen LogP contribution is 2.17. The second-order valence-corrected chi connectivity index (χ2v) is 5.80. The van der Waals surface area contributed by atoms with Gasteiger partial charge in [-0.3, -0.25) is 0 Å². The molecule has 0 aliphatic carbocycles. The fraction of sp³-hybridized carbons (Fsp3) is 0.111. The van der Waals surface area contributed by atoms with Gasteiger partial charge in [-0.25, -0.2) is 18.2 Å². The van der Waals surface area contributed by atoms with Crippen LogP contribution in [0.25, 0.3) is 0 Å². The Kier molecular flexibility index (Phi) is 5.58. The molecule has 4 nitrogen and oxygen atoms in total. The molecular formula is C18H13ClF3N3O. The van der Waals surface area contributed by atoms with Crippen molar-refractivity contribution in [3.05, 3.63) is 82.3 Å². The lowest BCUT2D eigenvalue weighted by Gasteiger charge is -2.09. The molecule has 0 aliphatic rings. The van der Waals surface area contributed by atoms with Gasteiger partial charge in [-0.1, -0.05) is 29.8 Å². The van der Waals surface area contributed by atoms with Crippen molar-refractivity contribution >= 4 is 17.4 Å². The first kappa shape index (κ1) is 18.0. The monoisotopic (exact) mass is 379 g/mol. The Morgan fingerprint density at radius 1 is 0.923 bits per heavy atom. The summed E-state index contributed by atoms with van der Waals surface area (Å²) in [6.07, 6.45) is 0.970. The van der Waals surface area contributed by atoms with Gasteiger partial charge in [0.15, 0.2) is 23.3 Å². The van der Waals surface area contributed by atoms with Crippen LogP contribution in [0.2, 0.25) is 5.02 Å². The van der Waals surface area contributed by atoms with E-state index in [1.165, 1.54) is 6.07 Å². The van der Waals surface area contributed by atoms with Crippen molar-refractivity contribution < 1.29 is 17.9 Å². The predicted octanol–water partition coefficient (Wildman–Crippen LogP) is 4.74. The third-order valence-corrected chi connectivity index (χ3v) is 3.70. The summed E-state index contributed by atoms with van der Waals surface area (Å²) in [4.78, 5) is 7.67. The molecule has 1 N–H and O–H groups in total. The maximum atomic E-state index is 13.8. The molecule has 0 unspecified atom stereocenters. The Morgan fingerprint density at radius 3 is 2.38 bits per heavy atom. The van der Waals surface area contributed by atoms with E-state index in [0.29, 0.717) is 17.1 Å². The lowest BCUT2D eigenvalue weighted by molar-refractivity contribution is 0.279. The molecule has 0 amide bonds. The summed E-state index contributed by atoms with van der Waals surface area (Å²) in [6.45, 7) is 0.243. The smallest absolute Gasteiger partial charge is 0.318 e. The van der Waals surface area contributed by atoms with Crippen LogP contribution in [0.3, 0.4) is 0 Å². The molecule has 134 valence electrons. The highest BCUT2D eigenvalue weighted by molar-refractivity contribution is 6.30. The standard InChI is InChI=1S/C18H13ClF3N3O/c19-13-4-1-11(2-5-13)8-23-17-16(22)9-24-18(25-17)26-10-12-3-6-14(20)15(21)7-12/h1-7,9H,8,10H2,(H,23,24,25). The molecule has 3 rings (SSSR count). The summed E-state index contributed by atoms with van der Waals surface area (Å²) in [7, 11) is 0. The average Bonchev–Trinajstić information content (AvgIpc) is 2.64. The molecule has 0 saturated heterocycles. The molecule has 0 atom stereocenters. The van der Waals surface area contributed by atoms with Crippen LogP contribution in [0.15, 0.2) is 48.7 Å². The molecule has 0 spiro atoms. The Balaban J connectivity index is 1.64. The fourth-order valence-electron chi connectivity index (χ4n) is 2.11. The number of hydrogen-bond donors (Lipinski definition) is 1. The minimum Gasteiger partial charge on any atom is -0.459 e. The fourth-order valence-corrected chi connectivity index (χ4v) is 2.24. The lowest BCUT2D eigenvalue weighted by atomic mass is 10.2. The summed E-state index contributed by atoms with van der Waals surface area (Å²) in [5.74, 6) is -2.59. The number of anilines is 1. The number of rotatable bonds is 6. The zero-order valence-electron chi connectivity index (χ0n) is 13.3. The number of nitrogens with one attached hydrogen (secondary N) is 1. The van der Waals surface area contributed by atoms with Gasteiger partial charge < -0.3 is 10.1 Å². The van der Waals surface area contributed by atoms with E-state index in [9.17, 15) is 13.2 Å². The van der Waals surface area contributed by atoms with Gasteiger partial charge in [-0.2, -0.15) is 4.98 Å². The van der Waals surface area contributed by atoms with Crippen molar-refractivity contribution in [2.75, 3.05) is 5.32 Å². The van der Waals surface area contributed by atoms with Crippen LogP contribution in [0, 0.1) is 17.5 Å². The van der Waals surface area contributed by atoms with E-state index < -0.39 is 17.5 Å². The SMILES string of the molecule is Fc1ccc(COc2ncc(F)c(NCc3ccc(Cl)cc3)n2)cc1F. The minimum absolute atomic E-state index is 0.0322. The lowest BCUT2D eigenvalue weighted by Crippen LogP contribution is -2.07. The molecule has 0 fully saturated rings. The van der Waals surface area contributed by atoms with Crippen LogP contribution in [-0.4, -0.2) is 9.97 Å². The quantitative estimate of drug-likeness (QED) is 0.672. The van der Waals surface area contributed by atoms with E-state index >= 15 is 0 Å². The number of benzene rings is 2. The average molecular weight is 380 g/mol. The molecule has 3 aromatic rings. The van der Waals surface area contributed by atoms with Crippen molar-refractivity contribution in [3.63, 3.8) is 0 Å². The summed E-state index contributed by atoms with van der Waals surface area (Å²) in [5, 5.41) is 3.45. The largest absolute Gasteiger partial charge is 0.459 e. The van der Waals surface area contributed by atoms with Gasteiger partial charge in [0.1, 0.15) is 6.61 Å². The van der Waals surface area contributed by atoms with Crippen LogP contribution in [0.4, 0.5) is 19.0 Å². The second-order valence-electron chi connectivity index (χ2n) is 5.37. The van der Waals surface area contributed by atoms with Crippen molar-refractivity contribution in [1.82, 2.24) is 9.97 Å². The van der Waals surface area contributed by atoms with Gasteiger partial charge in [-0.05, 0) is 35.4 Å². The molecule has 2 aromatic carbocycles. The van der Waals surface area contributed by atoms with Crippen LogP contribution >= 0.6 is 11.6 Å². The number of halogens is 4. The van der Waals surface area contributed by atoms with Crippen molar-refractivity contribution in [2.45, 2.75) is 13.2 Å². The van der Waals surface area contributed by atoms with Gasteiger partial charge >= 0.3 is 6.01 Å². The van der Waals surface area contributed by atoms with E-state index in [0.717, 1.165) is 23.9 Å². The first-order chi connectivity index (χ1) is 12.5. The molecule has 1 aromatic heterocycles. The third kappa shape index (κ3) is 4.64. The zero-order chi connectivity index (χ0) is 18.5. The minimum atomic E-state index is -0.976. The normalized spacial score (nSPS) is 10.6. The zero-order valence-corrected chi connectivity index (χ0v) is 14.1. The summed E-state index contributed by atoms with van der Waals surface area (Å²) >= 11 is 5.82. The Hall–Kier alpha value is -2.80. The number of ether oxygens (including phenoxy) is 1. The summed E-state index contributed by atoms with van der Waals surface area (Å²) in [5.41, 5.74) is 1.28. The van der Waals surface area contributed by atoms with Crippen LogP contribution in [-0.2, 0) is 13.2 Å². The molecule has 0 aliphatic heterocycles. The van der Waals surface area contributed by atoms with Gasteiger partial charge in [0.2, 0.25) is 0 Å². The first-order valence-electron chi connectivity index (χ1n) is 7.59. The highest BCUT2D eigenvalue weighted by atomic mass is 35.5. The topological polar surface area (TPSA) is 47.0 Å². The van der Waals surface area contributed by atoms with Crippen LogP contribution < -0.4 is 10.1 Å². The van der Waals surface area contributed by atoms with E-state index in [1.807, 2.05) is 0 Å². The number of hydrogen-bond acceptors (Lipinski definition) is 4. The maximum absolute atomic E-state index is 13.8. The van der Waals surface area contributed by atoms with Crippen molar-refractivity contribution in [1.29, 1.82) is 0 Å². The summed E-state index contributed by atoms with van der Waals surface area (Å²) < 4.78 is 45.2. The molecule has 26 heavy (non-hydrogen) atoms. The van der Waals surface area contributed by atoms with Gasteiger partial charge in [0.05, 0.1) is 6.20 Å². The van der Waals surface area contributed by atoms with Crippen molar-refractivity contribution in [3.8, 4) is 6.01 Å². The van der Waals surface area contributed by atoms with Gasteiger partial charge in [-0.15, -0.1) is 0 Å². The Labute approximate surface area is 152 Å². The molecular weight excluding hydrogens is 367 g/mol. The molecule has 1 heterocycles. The predicted molar refractivity (Wildman–Crippen MR) is 91.5 cm³/mol. The van der Waals surface area contributed by atoms with E-state index in [4.69, 9.17) is 16.3 Å². The van der Waals surface area contributed by atoms with Crippen LogP contribution in [0.1, 0.15) is 11.1 Å². The molecule has 8 heteroatoms. The van der Waals surface area contributed by atoms with Gasteiger partial charge in [0, 0.05) is 11.6 Å². The Morgan fingerprint density at radius 2 is 1.65 bits per heavy atom. The van der Waals surface area contributed by atoms with E-state index in [1.54, 1.807) is 24.3 Å². The first-order valence-corrected chi connectivity index (χ1v) is 7.96. The highest BCUT2D eigenvalue weighted by Gasteiger charge is 2.09. The summed E-state index contributed by atoms with van der Waals surface area (Å²) in [6, 6.07) is 10.4. The van der Waals surface area contributed by atoms with Crippen LogP contribution in [0.5, 0.6) is 6.01 Å². The molecule has 0 saturated carbocycles. The van der Waals surface area contributed by atoms with E-state index in [2.05, 4.69) is 15.3 Å². The Bertz CT molecular complexity index is 907. The maximum Gasteiger partial charge on any atom is 0.318 e. The molecule has 0 radical (unpaired) electrons. The second kappa shape index (κ2) is 8.05. The third-order valence-electron chi connectivity index (χ3n) is 3.45.